The summed E-state index contributed by atoms with van der Waals surface area (Å²) in [5.41, 5.74) is 0.455. The molecular weight excluding hydrogens is 385 g/mol. The predicted molar refractivity (Wildman–Crippen MR) is 102 cm³/mol. The average molecular weight is 407 g/mol. The number of carbonyl (C=O) groups is 2. The fourth-order valence-corrected chi connectivity index (χ4v) is 3.75. The highest BCUT2D eigenvalue weighted by molar-refractivity contribution is 6.36. The van der Waals surface area contributed by atoms with Crippen molar-refractivity contribution in [1.29, 1.82) is 0 Å². The molecule has 5 nitrogen and oxygen atoms in total. The van der Waals surface area contributed by atoms with E-state index in [4.69, 9.17) is 23.2 Å². The Hall–Kier alpha value is -1.01. The Morgan fingerprint density at radius 3 is 2.40 bits per heavy atom. The lowest BCUT2D eigenvalue weighted by Crippen LogP contribution is -2.51. The van der Waals surface area contributed by atoms with Crippen LogP contribution < -0.4 is 5.32 Å². The summed E-state index contributed by atoms with van der Waals surface area (Å²) < 4.78 is 0. The molecule has 8 heteroatoms. The standard InChI is InChI=1S/C17H21Cl2N3O2.ClH/c18-12-3-4-14(15(19)10-12)17(24)22-8-6-21(7-9-22)16(23)11-13-2-1-5-20-13;/h3-4,10,13,20H,1-2,5-9,11H2;1H. The Balaban J connectivity index is 0.00000225. The molecule has 25 heavy (non-hydrogen) atoms. The Morgan fingerprint density at radius 2 is 1.80 bits per heavy atom. The van der Waals surface area contributed by atoms with Crippen molar-refractivity contribution in [3.8, 4) is 0 Å². The zero-order valence-electron chi connectivity index (χ0n) is 13.8. The smallest absolute Gasteiger partial charge is 0.255 e. The molecule has 1 aromatic carbocycles. The summed E-state index contributed by atoms with van der Waals surface area (Å²) in [6, 6.07) is 5.20. The van der Waals surface area contributed by atoms with Gasteiger partial charge in [-0.15, -0.1) is 12.4 Å². The quantitative estimate of drug-likeness (QED) is 0.840. The Bertz CT molecular complexity index is 628. The van der Waals surface area contributed by atoms with Crippen LogP contribution in [0.4, 0.5) is 0 Å². The average Bonchev–Trinajstić information content (AvgIpc) is 3.07. The number of nitrogens with one attached hydrogen (secondary N) is 1. The summed E-state index contributed by atoms with van der Waals surface area (Å²) in [5, 5.41) is 4.21. The molecule has 0 saturated carbocycles. The lowest BCUT2D eigenvalue weighted by molar-refractivity contribution is -0.133. The van der Waals surface area contributed by atoms with Gasteiger partial charge in [0.2, 0.25) is 5.91 Å². The minimum Gasteiger partial charge on any atom is -0.339 e. The van der Waals surface area contributed by atoms with Crippen molar-refractivity contribution < 1.29 is 9.59 Å². The van der Waals surface area contributed by atoms with Crippen LogP contribution in [-0.4, -0.2) is 60.4 Å². The largest absolute Gasteiger partial charge is 0.339 e. The van der Waals surface area contributed by atoms with Gasteiger partial charge < -0.3 is 15.1 Å². The molecule has 2 aliphatic heterocycles. The van der Waals surface area contributed by atoms with Crippen LogP contribution in [0, 0.1) is 0 Å². The third kappa shape index (κ3) is 5.00. The van der Waals surface area contributed by atoms with E-state index in [2.05, 4.69) is 5.32 Å². The number of piperazine rings is 1. The number of rotatable bonds is 3. The van der Waals surface area contributed by atoms with E-state index < -0.39 is 0 Å². The number of hydrogen-bond donors (Lipinski definition) is 1. The van der Waals surface area contributed by atoms with E-state index in [-0.39, 0.29) is 24.2 Å². The zero-order chi connectivity index (χ0) is 17.1. The summed E-state index contributed by atoms with van der Waals surface area (Å²) in [4.78, 5) is 28.5. The number of amides is 2. The second-order valence-electron chi connectivity index (χ2n) is 6.29. The van der Waals surface area contributed by atoms with Crippen LogP contribution in [0.1, 0.15) is 29.6 Å². The number of nitrogens with zero attached hydrogens (tertiary/aromatic N) is 2. The molecule has 2 heterocycles. The maximum absolute atomic E-state index is 12.6. The topological polar surface area (TPSA) is 52.7 Å². The first-order chi connectivity index (χ1) is 11.5. The summed E-state index contributed by atoms with van der Waals surface area (Å²) >= 11 is 12.0. The van der Waals surface area contributed by atoms with Gasteiger partial charge in [-0.1, -0.05) is 23.2 Å². The first kappa shape index (κ1) is 20.3. The molecule has 0 radical (unpaired) electrons. The molecule has 1 N–H and O–H groups in total. The van der Waals surface area contributed by atoms with Gasteiger partial charge in [0.25, 0.3) is 5.91 Å². The number of halogens is 3. The molecule has 0 spiro atoms. The van der Waals surface area contributed by atoms with Crippen LogP contribution in [0.25, 0.3) is 0 Å². The maximum atomic E-state index is 12.6. The normalized spacial score (nSPS) is 20.3. The van der Waals surface area contributed by atoms with E-state index in [0.717, 1.165) is 19.4 Å². The van der Waals surface area contributed by atoms with Crippen molar-refractivity contribution >= 4 is 47.4 Å². The van der Waals surface area contributed by atoms with Gasteiger partial charge in [-0.25, -0.2) is 0 Å². The molecule has 0 bridgehead atoms. The second-order valence-corrected chi connectivity index (χ2v) is 7.14. The summed E-state index contributed by atoms with van der Waals surface area (Å²) in [6.45, 7) is 3.20. The molecule has 3 rings (SSSR count). The van der Waals surface area contributed by atoms with Gasteiger partial charge in [-0.2, -0.15) is 0 Å². The minimum atomic E-state index is -0.110. The predicted octanol–water partition coefficient (Wildman–Crippen LogP) is 2.84. The number of hydrogen-bond acceptors (Lipinski definition) is 3. The summed E-state index contributed by atoms with van der Waals surface area (Å²) in [7, 11) is 0. The third-order valence-corrected chi connectivity index (χ3v) is 5.21. The molecule has 138 valence electrons. The SMILES string of the molecule is Cl.O=C(CC1CCCN1)N1CCN(C(=O)c2ccc(Cl)cc2Cl)CC1. The van der Waals surface area contributed by atoms with Gasteiger partial charge in [-0.3, -0.25) is 9.59 Å². The van der Waals surface area contributed by atoms with Crippen molar-refractivity contribution in [1.82, 2.24) is 15.1 Å². The molecule has 2 saturated heterocycles. The lowest BCUT2D eigenvalue weighted by Gasteiger charge is -2.35. The molecule has 0 aliphatic carbocycles. The minimum absolute atomic E-state index is 0. The van der Waals surface area contributed by atoms with Crippen molar-refractivity contribution in [2.45, 2.75) is 25.3 Å². The summed E-state index contributed by atoms with van der Waals surface area (Å²) in [5.74, 6) is 0.0623. The van der Waals surface area contributed by atoms with E-state index in [1.807, 2.05) is 4.90 Å². The highest BCUT2D eigenvalue weighted by Gasteiger charge is 2.27. The van der Waals surface area contributed by atoms with Crippen LogP contribution in [0.2, 0.25) is 10.0 Å². The highest BCUT2D eigenvalue weighted by Crippen LogP contribution is 2.23. The summed E-state index contributed by atoms with van der Waals surface area (Å²) in [6.07, 6.45) is 2.76. The molecule has 2 amide bonds. The van der Waals surface area contributed by atoms with Gasteiger partial charge in [0.05, 0.1) is 10.6 Å². The first-order valence-corrected chi connectivity index (χ1v) is 9.05. The van der Waals surface area contributed by atoms with Crippen molar-refractivity contribution in [3.63, 3.8) is 0 Å². The van der Waals surface area contributed by atoms with Crippen molar-refractivity contribution in [2.75, 3.05) is 32.7 Å². The van der Waals surface area contributed by atoms with Crippen LogP contribution in [0.5, 0.6) is 0 Å². The van der Waals surface area contributed by atoms with E-state index >= 15 is 0 Å². The van der Waals surface area contributed by atoms with Crippen LogP contribution >= 0.6 is 35.6 Å². The van der Waals surface area contributed by atoms with E-state index in [9.17, 15) is 9.59 Å². The molecule has 1 unspecified atom stereocenters. The van der Waals surface area contributed by atoms with Crippen molar-refractivity contribution in [3.05, 3.63) is 33.8 Å². The van der Waals surface area contributed by atoms with Crippen molar-refractivity contribution in [2.24, 2.45) is 0 Å². The van der Waals surface area contributed by atoms with Crippen LogP contribution in [-0.2, 0) is 4.79 Å². The maximum Gasteiger partial charge on any atom is 0.255 e. The van der Waals surface area contributed by atoms with Gasteiger partial charge in [-0.05, 0) is 37.6 Å². The fraction of sp³-hybridized carbons (Fsp3) is 0.529. The zero-order valence-corrected chi connectivity index (χ0v) is 16.2. The Morgan fingerprint density at radius 1 is 1.12 bits per heavy atom. The van der Waals surface area contributed by atoms with Crippen LogP contribution in [0.3, 0.4) is 0 Å². The van der Waals surface area contributed by atoms with E-state index in [1.54, 1.807) is 23.1 Å². The first-order valence-electron chi connectivity index (χ1n) is 8.30. The van der Waals surface area contributed by atoms with Gasteiger partial charge in [0.15, 0.2) is 0 Å². The lowest BCUT2D eigenvalue weighted by atomic mass is 10.1. The Kier molecular flexibility index (Phi) is 7.37. The molecule has 2 aliphatic rings. The molecule has 2 fully saturated rings. The van der Waals surface area contributed by atoms with Gasteiger partial charge in [0.1, 0.15) is 0 Å². The van der Waals surface area contributed by atoms with Gasteiger partial charge >= 0.3 is 0 Å². The molecule has 1 aromatic rings. The number of benzene rings is 1. The Labute approximate surface area is 164 Å². The van der Waals surface area contributed by atoms with Gasteiger partial charge in [0, 0.05) is 43.7 Å². The monoisotopic (exact) mass is 405 g/mol. The highest BCUT2D eigenvalue weighted by atomic mass is 35.5. The number of carbonyl (C=O) groups excluding carboxylic acids is 2. The molecular formula is C17H22Cl3N3O2. The fourth-order valence-electron chi connectivity index (χ4n) is 3.26. The molecule has 1 atom stereocenters. The van der Waals surface area contributed by atoms with E-state index in [1.165, 1.54) is 0 Å². The second kappa shape index (κ2) is 9.08. The van der Waals surface area contributed by atoms with E-state index in [0.29, 0.717) is 54.3 Å². The molecule has 0 aromatic heterocycles. The third-order valence-electron chi connectivity index (χ3n) is 4.66. The van der Waals surface area contributed by atoms with Crippen LogP contribution in [0.15, 0.2) is 18.2 Å².